The van der Waals surface area contributed by atoms with Crippen molar-refractivity contribution < 1.29 is 12.8 Å². The molecule has 3 N–H and O–H groups in total. The Kier molecular flexibility index (Phi) is 8.27. The average Bonchev–Trinajstić information content (AvgIpc) is 2.33. The molecule has 0 aromatic heterocycles. The zero-order chi connectivity index (χ0) is 14.5. The molecule has 0 fully saturated rings. The third-order valence-electron chi connectivity index (χ3n) is 2.84. The molecule has 1 aromatic rings. The molecule has 1 rings (SSSR count). The lowest BCUT2D eigenvalue weighted by Crippen LogP contribution is -2.40. The van der Waals surface area contributed by atoms with Crippen LogP contribution in [0.15, 0.2) is 23.1 Å². The van der Waals surface area contributed by atoms with E-state index in [2.05, 4.69) is 4.72 Å². The molecule has 116 valence electrons. The lowest BCUT2D eigenvalue weighted by Gasteiger charge is -2.16. The molecule has 1 unspecified atom stereocenters. The number of halogens is 2. The third-order valence-corrected chi connectivity index (χ3v) is 4.34. The molecule has 0 aliphatic carbocycles. The largest absolute Gasteiger partial charge is 0.329 e. The van der Waals surface area contributed by atoms with Gasteiger partial charge < -0.3 is 5.73 Å². The highest BCUT2D eigenvalue weighted by molar-refractivity contribution is 7.89. The molecular formula is C13H22ClFN2O2S. The summed E-state index contributed by atoms with van der Waals surface area (Å²) in [7, 11) is -3.72. The molecule has 4 nitrogen and oxygen atoms in total. The van der Waals surface area contributed by atoms with Crippen molar-refractivity contribution in [3.63, 3.8) is 0 Å². The van der Waals surface area contributed by atoms with Gasteiger partial charge in [-0.1, -0.05) is 19.8 Å². The maximum absolute atomic E-state index is 13.3. The summed E-state index contributed by atoms with van der Waals surface area (Å²) < 4.78 is 40.1. The van der Waals surface area contributed by atoms with E-state index in [0.717, 1.165) is 18.9 Å². The average molecular weight is 325 g/mol. The van der Waals surface area contributed by atoms with Crippen molar-refractivity contribution >= 4 is 22.4 Å². The van der Waals surface area contributed by atoms with E-state index in [-0.39, 0.29) is 29.9 Å². The number of nitrogens with one attached hydrogen (secondary N) is 1. The third kappa shape index (κ3) is 5.75. The minimum Gasteiger partial charge on any atom is -0.329 e. The molecule has 0 aliphatic heterocycles. The number of hydrogen-bond acceptors (Lipinski definition) is 3. The van der Waals surface area contributed by atoms with E-state index < -0.39 is 15.8 Å². The Bertz CT molecular complexity index is 503. The Balaban J connectivity index is 0.00000361. The van der Waals surface area contributed by atoms with Crippen LogP contribution in [0.2, 0.25) is 0 Å². The maximum atomic E-state index is 13.3. The van der Waals surface area contributed by atoms with Gasteiger partial charge in [-0.25, -0.2) is 17.5 Å². The van der Waals surface area contributed by atoms with E-state index >= 15 is 0 Å². The molecule has 0 radical (unpaired) electrons. The van der Waals surface area contributed by atoms with Gasteiger partial charge in [-0.3, -0.25) is 0 Å². The molecule has 0 spiro atoms. The Morgan fingerprint density at radius 2 is 2.00 bits per heavy atom. The summed E-state index contributed by atoms with van der Waals surface area (Å²) >= 11 is 0. The summed E-state index contributed by atoms with van der Waals surface area (Å²) in [5.41, 5.74) is 6.13. The second-order valence-electron chi connectivity index (χ2n) is 4.66. The normalized spacial score (nSPS) is 12.8. The van der Waals surface area contributed by atoms with Crippen molar-refractivity contribution in [1.29, 1.82) is 0 Å². The SMILES string of the molecule is CCCCC(CN)NS(=O)(=O)c1cc(C)cc(F)c1.Cl. The van der Waals surface area contributed by atoms with Crippen molar-refractivity contribution in [3.8, 4) is 0 Å². The zero-order valence-corrected chi connectivity index (χ0v) is 13.4. The first-order chi connectivity index (χ1) is 8.89. The second kappa shape index (κ2) is 8.56. The molecule has 0 heterocycles. The van der Waals surface area contributed by atoms with Crippen LogP contribution in [0.1, 0.15) is 31.7 Å². The highest BCUT2D eigenvalue weighted by Crippen LogP contribution is 2.15. The number of sulfonamides is 1. The summed E-state index contributed by atoms with van der Waals surface area (Å²) in [5.74, 6) is -0.557. The molecule has 0 saturated carbocycles. The lowest BCUT2D eigenvalue weighted by atomic mass is 10.1. The summed E-state index contributed by atoms with van der Waals surface area (Å²) in [6.45, 7) is 3.91. The van der Waals surface area contributed by atoms with Crippen LogP contribution in [0.4, 0.5) is 4.39 Å². The molecule has 1 aromatic carbocycles. The highest BCUT2D eigenvalue weighted by Gasteiger charge is 2.19. The van der Waals surface area contributed by atoms with Crippen LogP contribution >= 0.6 is 12.4 Å². The topological polar surface area (TPSA) is 72.2 Å². The van der Waals surface area contributed by atoms with Crippen molar-refractivity contribution in [2.45, 2.75) is 44.0 Å². The fourth-order valence-electron chi connectivity index (χ4n) is 1.82. The molecular weight excluding hydrogens is 303 g/mol. The molecule has 0 bridgehead atoms. The first-order valence-corrected chi connectivity index (χ1v) is 7.87. The van der Waals surface area contributed by atoms with Crippen molar-refractivity contribution in [2.75, 3.05) is 6.54 Å². The van der Waals surface area contributed by atoms with Gasteiger partial charge in [0.15, 0.2) is 0 Å². The van der Waals surface area contributed by atoms with Crippen LogP contribution in [0.25, 0.3) is 0 Å². The summed E-state index contributed by atoms with van der Waals surface area (Å²) in [5, 5.41) is 0. The number of hydrogen-bond donors (Lipinski definition) is 2. The number of aryl methyl sites for hydroxylation is 1. The molecule has 0 aliphatic rings. The predicted molar refractivity (Wildman–Crippen MR) is 81.1 cm³/mol. The fourth-order valence-corrected chi connectivity index (χ4v) is 3.22. The van der Waals surface area contributed by atoms with Crippen LogP contribution in [0.5, 0.6) is 0 Å². The molecule has 0 amide bonds. The molecule has 20 heavy (non-hydrogen) atoms. The van der Waals surface area contributed by atoms with Gasteiger partial charge in [0.05, 0.1) is 4.90 Å². The van der Waals surface area contributed by atoms with E-state index in [1.807, 2.05) is 6.92 Å². The summed E-state index contributed by atoms with van der Waals surface area (Å²) in [6, 6.07) is 3.44. The molecule has 1 atom stereocenters. The van der Waals surface area contributed by atoms with Gasteiger partial charge >= 0.3 is 0 Å². The van der Waals surface area contributed by atoms with E-state index in [0.29, 0.717) is 12.0 Å². The fraction of sp³-hybridized carbons (Fsp3) is 0.538. The van der Waals surface area contributed by atoms with E-state index in [1.54, 1.807) is 6.92 Å². The summed E-state index contributed by atoms with van der Waals surface area (Å²) in [6.07, 6.45) is 2.55. The number of benzene rings is 1. The first-order valence-electron chi connectivity index (χ1n) is 6.38. The van der Waals surface area contributed by atoms with Crippen LogP contribution in [-0.2, 0) is 10.0 Å². The van der Waals surface area contributed by atoms with E-state index in [1.165, 1.54) is 12.1 Å². The van der Waals surface area contributed by atoms with E-state index in [4.69, 9.17) is 5.73 Å². The van der Waals surface area contributed by atoms with Gasteiger partial charge in [0, 0.05) is 12.6 Å². The predicted octanol–water partition coefficient (Wildman–Crippen LogP) is 2.35. The minimum atomic E-state index is -3.72. The quantitative estimate of drug-likeness (QED) is 0.808. The Morgan fingerprint density at radius 3 is 2.50 bits per heavy atom. The first kappa shape index (κ1) is 19.3. The Morgan fingerprint density at radius 1 is 1.35 bits per heavy atom. The van der Waals surface area contributed by atoms with Gasteiger partial charge in [0.25, 0.3) is 0 Å². The zero-order valence-electron chi connectivity index (χ0n) is 11.7. The van der Waals surface area contributed by atoms with Gasteiger partial charge in [-0.15, -0.1) is 12.4 Å². The van der Waals surface area contributed by atoms with Gasteiger partial charge in [-0.05, 0) is 37.1 Å². The standard InChI is InChI=1S/C13H21FN2O2S.ClH/c1-3-4-5-12(9-15)16-19(17,18)13-7-10(2)6-11(14)8-13;/h6-8,12,16H,3-5,9,15H2,1-2H3;1H. The van der Waals surface area contributed by atoms with Gasteiger partial charge in [-0.2, -0.15) is 0 Å². The minimum absolute atomic E-state index is 0. The summed E-state index contributed by atoms with van der Waals surface area (Å²) in [4.78, 5) is -0.0556. The van der Waals surface area contributed by atoms with Gasteiger partial charge in [0.1, 0.15) is 5.82 Å². The van der Waals surface area contributed by atoms with E-state index in [9.17, 15) is 12.8 Å². The number of rotatable bonds is 7. The van der Waals surface area contributed by atoms with Gasteiger partial charge in [0.2, 0.25) is 10.0 Å². The van der Waals surface area contributed by atoms with Crippen molar-refractivity contribution in [2.24, 2.45) is 5.73 Å². The monoisotopic (exact) mass is 324 g/mol. The second-order valence-corrected chi connectivity index (χ2v) is 6.37. The van der Waals surface area contributed by atoms with Crippen LogP contribution in [0.3, 0.4) is 0 Å². The lowest BCUT2D eigenvalue weighted by molar-refractivity contribution is 0.515. The number of nitrogens with two attached hydrogens (primary N) is 1. The van der Waals surface area contributed by atoms with Crippen LogP contribution in [-0.4, -0.2) is 21.0 Å². The highest BCUT2D eigenvalue weighted by atomic mass is 35.5. The molecule has 0 saturated heterocycles. The van der Waals surface area contributed by atoms with Crippen LogP contribution in [0, 0.1) is 12.7 Å². The van der Waals surface area contributed by atoms with Crippen molar-refractivity contribution in [1.82, 2.24) is 4.72 Å². The molecule has 7 heteroatoms. The Labute approximate surface area is 126 Å². The van der Waals surface area contributed by atoms with Crippen LogP contribution < -0.4 is 10.5 Å². The number of unbranched alkanes of at least 4 members (excludes halogenated alkanes) is 1. The smallest absolute Gasteiger partial charge is 0.240 e. The maximum Gasteiger partial charge on any atom is 0.240 e. The van der Waals surface area contributed by atoms with Crippen molar-refractivity contribution in [3.05, 3.63) is 29.6 Å². The Hall–Kier alpha value is -0.690.